The van der Waals surface area contributed by atoms with Gasteiger partial charge in [-0.3, -0.25) is 0 Å². The number of hydrogen-bond donors (Lipinski definition) is 2. The number of nitrogens with zero attached hydrogens (tertiary/aromatic N) is 2. The molecule has 0 amide bonds. The normalized spacial score (nSPS) is 19.1. The van der Waals surface area contributed by atoms with Crippen LogP contribution in [0, 0.1) is 0 Å². The van der Waals surface area contributed by atoms with Crippen molar-refractivity contribution in [3.05, 3.63) is 0 Å². The fraction of sp³-hybridized carbons (Fsp3) is 1.00. The SMILES string of the molecule is CCC(OC(CC)C(O)C[N+](C)(C)C)C(O)C[N+](C)(C)C. The van der Waals surface area contributed by atoms with Gasteiger partial charge in [0.05, 0.1) is 54.5 Å². The summed E-state index contributed by atoms with van der Waals surface area (Å²) in [6.07, 6.45) is 0.00775. The van der Waals surface area contributed by atoms with Crippen molar-refractivity contribution < 1.29 is 23.9 Å². The molecule has 21 heavy (non-hydrogen) atoms. The average molecular weight is 306 g/mol. The highest BCUT2D eigenvalue weighted by atomic mass is 16.5. The predicted octanol–water partition coefficient (Wildman–Crippen LogP) is 0.694. The third-order valence-corrected chi connectivity index (χ3v) is 3.48. The standard InChI is InChI=1S/C16H38N2O3/c1-9-15(13(19)11-17(3,4)5)21-16(10-2)14(20)12-18(6,7)8/h13-16,19-20H,9-12H2,1-8H3/q+2. The summed E-state index contributed by atoms with van der Waals surface area (Å²) < 4.78 is 7.43. The number of aliphatic hydroxyl groups is 2. The van der Waals surface area contributed by atoms with Gasteiger partial charge in [-0.05, 0) is 12.8 Å². The molecule has 0 aliphatic heterocycles. The van der Waals surface area contributed by atoms with Crippen LogP contribution < -0.4 is 0 Å². The van der Waals surface area contributed by atoms with E-state index >= 15 is 0 Å². The first-order valence-electron chi connectivity index (χ1n) is 8.02. The van der Waals surface area contributed by atoms with Crippen molar-refractivity contribution in [2.45, 2.75) is 51.1 Å². The van der Waals surface area contributed by atoms with Crippen LogP contribution >= 0.6 is 0 Å². The maximum absolute atomic E-state index is 10.4. The molecule has 0 fully saturated rings. The van der Waals surface area contributed by atoms with Gasteiger partial charge in [0, 0.05) is 0 Å². The van der Waals surface area contributed by atoms with Gasteiger partial charge in [-0.2, -0.15) is 0 Å². The number of hydrogen-bond acceptors (Lipinski definition) is 3. The van der Waals surface area contributed by atoms with E-state index in [1.54, 1.807) is 0 Å². The fourth-order valence-corrected chi connectivity index (χ4v) is 2.50. The van der Waals surface area contributed by atoms with Crippen molar-refractivity contribution in [3.63, 3.8) is 0 Å². The van der Waals surface area contributed by atoms with Gasteiger partial charge in [-0.25, -0.2) is 0 Å². The van der Waals surface area contributed by atoms with Crippen LogP contribution in [0.25, 0.3) is 0 Å². The Bertz CT molecular complexity index is 256. The molecule has 0 bridgehead atoms. The molecule has 0 aromatic rings. The van der Waals surface area contributed by atoms with Crippen LogP contribution in [0.3, 0.4) is 0 Å². The lowest BCUT2D eigenvalue weighted by atomic mass is 10.1. The summed E-state index contributed by atoms with van der Waals surface area (Å²) in [5.41, 5.74) is 0. The topological polar surface area (TPSA) is 49.7 Å². The minimum atomic E-state index is -0.514. The van der Waals surface area contributed by atoms with E-state index in [4.69, 9.17) is 4.74 Å². The van der Waals surface area contributed by atoms with Gasteiger partial charge < -0.3 is 23.9 Å². The Morgan fingerprint density at radius 1 is 0.714 bits per heavy atom. The van der Waals surface area contributed by atoms with Gasteiger partial charge in [-0.1, -0.05) is 13.8 Å². The molecule has 0 heterocycles. The summed E-state index contributed by atoms with van der Waals surface area (Å²) in [6, 6.07) is 0. The van der Waals surface area contributed by atoms with Gasteiger partial charge in [-0.15, -0.1) is 0 Å². The van der Waals surface area contributed by atoms with Gasteiger partial charge in [0.25, 0.3) is 0 Å². The molecule has 0 spiro atoms. The van der Waals surface area contributed by atoms with Crippen LogP contribution in [-0.2, 0) is 4.74 Å². The largest absolute Gasteiger partial charge is 0.385 e. The van der Waals surface area contributed by atoms with Crippen molar-refractivity contribution in [2.75, 3.05) is 55.4 Å². The predicted molar refractivity (Wildman–Crippen MR) is 87.1 cm³/mol. The first-order valence-corrected chi connectivity index (χ1v) is 8.02. The summed E-state index contributed by atoms with van der Waals surface area (Å²) in [6.45, 7) is 5.31. The highest BCUT2D eigenvalue weighted by Crippen LogP contribution is 2.16. The molecule has 128 valence electrons. The van der Waals surface area contributed by atoms with Crippen molar-refractivity contribution in [2.24, 2.45) is 0 Å². The van der Waals surface area contributed by atoms with Crippen molar-refractivity contribution >= 4 is 0 Å². The van der Waals surface area contributed by atoms with Crippen LogP contribution in [0.2, 0.25) is 0 Å². The van der Waals surface area contributed by atoms with E-state index in [9.17, 15) is 10.2 Å². The van der Waals surface area contributed by atoms with E-state index < -0.39 is 12.2 Å². The minimum absolute atomic E-state index is 0.227. The lowest BCUT2D eigenvalue weighted by Gasteiger charge is -2.35. The van der Waals surface area contributed by atoms with Crippen LogP contribution in [0.4, 0.5) is 0 Å². The first kappa shape index (κ1) is 20.8. The molecule has 0 aliphatic carbocycles. The van der Waals surface area contributed by atoms with Crippen LogP contribution in [0.1, 0.15) is 26.7 Å². The second kappa shape index (κ2) is 8.44. The van der Waals surface area contributed by atoms with E-state index in [-0.39, 0.29) is 12.2 Å². The monoisotopic (exact) mass is 306 g/mol. The molecule has 0 aromatic carbocycles. The Morgan fingerprint density at radius 2 is 1.00 bits per heavy atom. The summed E-state index contributed by atoms with van der Waals surface area (Å²) in [5, 5.41) is 20.8. The fourth-order valence-electron chi connectivity index (χ4n) is 2.50. The zero-order chi connectivity index (χ0) is 16.8. The Labute approximate surface area is 131 Å². The number of likely N-dealkylation sites (N-methyl/N-ethyl adjacent to an activating group) is 2. The summed E-state index contributed by atoms with van der Waals surface area (Å²) in [4.78, 5) is 0. The smallest absolute Gasteiger partial charge is 0.129 e. The molecule has 5 nitrogen and oxygen atoms in total. The van der Waals surface area contributed by atoms with Crippen molar-refractivity contribution in [3.8, 4) is 0 Å². The molecule has 2 N–H and O–H groups in total. The minimum Gasteiger partial charge on any atom is -0.385 e. The van der Waals surface area contributed by atoms with E-state index in [0.717, 1.165) is 12.8 Å². The Kier molecular flexibility index (Phi) is 8.36. The molecule has 0 rings (SSSR count). The molecule has 4 unspecified atom stereocenters. The molecular formula is C16H38N2O3+2. The molecule has 0 saturated carbocycles. The molecule has 0 aliphatic rings. The highest BCUT2D eigenvalue weighted by Gasteiger charge is 2.31. The summed E-state index contributed by atoms with van der Waals surface area (Å²) in [5.74, 6) is 0. The molecule has 0 radical (unpaired) electrons. The van der Waals surface area contributed by atoms with Crippen LogP contribution in [0.5, 0.6) is 0 Å². The van der Waals surface area contributed by atoms with Crippen molar-refractivity contribution in [1.29, 1.82) is 0 Å². The number of ether oxygens (including phenoxy) is 1. The van der Waals surface area contributed by atoms with Crippen LogP contribution in [0.15, 0.2) is 0 Å². The quantitative estimate of drug-likeness (QED) is 0.584. The van der Waals surface area contributed by atoms with E-state index in [1.807, 2.05) is 13.8 Å². The number of quaternary nitrogens is 2. The number of aliphatic hydroxyl groups excluding tert-OH is 2. The maximum Gasteiger partial charge on any atom is 0.129 e. The molecule has 4 atom stereocenters. The second-order valence-corrected chi connectivity index (χ2v) is 8.11. The molecule has 0 saturated heterocycles. The second-order valence-electron chi connectivity index (χ2n) is 8.11. The van der Waals surface area contributed by atoms with E-state index in [2.05, 4.69) is 42.3 Å². The van der Waals surface area contributed by atoms with Gasteiger partial charge in [0.2, 0.25) is 0 Å². The van der Waals surface area contributed by atoms with Gasteiger partial charge in [0.1, 0.15) is 25.3 Å². The van der Waals surface area contributed by atoms with Crippen LogP contribution in [-0.4, -0.2) is 99.0 Å². The van der Waals surface area contributed by atoms with Gasteiger partial charge in [0.15, 0.2) is 0 Å². The maximum atomic E-state index is 10.4. The lowest BCUT2D eigenvalue weighted by molar-refractivity contribution is -0.874. The van der Waals surface area contributed by atoms with E-state index in [0.29, 0.717) is 22.1 Å². The lowest BCUT2D eigenvalue weighted by Crippen LogP contribution is -2.50. The van der Waals surface area contributed by atoms with Gasteiger partial charge >= 0.3 is 0 Å². The zero-order valence-electron chi connectivity index (χ0n) is 15.3. The summed E-state index contributed by atoms with van der Waals surface area (Å²) in [7, 11) is 12.3. The Morgan fingerprint density at radius 3 is 1.19 bits per heavy atom. The third kappa shape index (κ3) is 9.42. The average Bonchev–Trinajstić information content (AvgIpc) is 2.25. The Balaban J connectivity index is 4.68. The molecular weight excluding hydrogens is 268 g/mol. The van der Waals surface area contributed by atoms with E-state index in [1.165, 1.54) is 0 Å². The Hall–Kier alpha value is -0.200. The van der Waals surface area contributed by atoms with Crippen molar-refractivity contribution in [1.82, 2.24) is 0 Å². The molecule has 0 aromatic heterocycles. The molecule has 5 heteroatoms. The third-order valence-electron chi connectivity index (χ3n) is 3.48. The summed E-state index contributed by atoms with van der Waals surface area (Å²) >= 11 is 0. The highest BCUT2D eigenvalue weighted by molar-refractivity contribution is 4.74. The first-order chi connectivity index (χ1) is 9.39. The zero-order valence-corrected chi connectivity index (χ0v) is 15.3. The number of rotatable bonds is 10.